The molecule has 2 aliphatic heterocycles. The van der Waals surface area contributed by atoms with Crippen molar-refractivity contribution in [2.45, 2.75) is 50.8 Å². The van der Waals surface area contributed by atoms with E-state index in [0.717, 1.165) is 0 Å². The van der Waals surface area contributed by atoms with Crippen LogP contribution < -0.4 is 0 Å². The van der Waals surface area contributed by atoms with Gasteiger partial charge in [0, 0.05) is 64.0 Å². The van der Waals surface area contributed by atoms with E-state index in [1.807, 2.05) is 0 Å². The lowest BCUT2D eigenvalue weighted by molar-refractivity contribution is -0.143. The van der Waals surface area contributed by atoms with E-state index in [1.54, 1.807) is 32.2 Å². The molecule has 0 spiro atoms. The maximum absolute atomic E-state index is 13.6. The summed E-state index contributed by atoms with van der Waals surface area (Å²) >= 11 is 0. The third-order valence-electron chi connectivity index (χ3n) is 8.10. The number of nitrogens with zero attached hydrogens (tertiary/aromatic N) is 3. The van der Waals surface area contributed by atoms with Crippen LogP contribution in [0, 0.1) is 6.92 Å². The molecule has 0 aromatic heterocycles. The molecule has 43 heavy (non-hydrogen) atoms. The van der Waals surface area contributed by atoms with Gasteiger partial charge in [0.15, 0.2) is 0 Å². The van der Waals surface area contributed by atoms with Gasteiger partial charge in [-0.1, -0.05) is 12.1 Å². The highest BCUT2D eigenvalue weighted by molar-refractivity contribution is 5.95. The molecule has 0 aliphatic carbocycles. The minimum Gasteiger partial charge on any atom is -0.508 e. The van der Waals surface area contributed by atoms with Crippen LogP contribution in [0.5, 0.6) is 5.75 Å². The zero-order valence-corrected chi connectivity index (χ0v) is 24.3. The van der Waals surface area contributed by atoms with Gasteiger partial charge < -0.3 is 19.5 Å². The monoisotopic (exact) mass is 617 g/mol. The van der Waals surface area contributed by atoms with Crippen molar-refractivity contribution in [1.82, 2.24) is 14.7 Å². The fraction of sp³-hybridized carbons (Fsp3) is 0.567. The molecule has 0 radical (unpaired) electrons. The number of carbonyl (C=O) groups is 1. The van der Waals surface area contributed by atoms with E-state index in [-0.39, 0.29) is 36.9 Å². The largest absolute Gasteiger partial charge is 0.508 e. The first-order valence-corrected chi connectivity index (χ1v) is 14.1. The van der Waals surface area contributed by atoms with E-state index in [0.29, 0.717) is 69.2 Å². The van der Waals surface area contributed by atoms with Crippen LogP contribution in [0.15, 0.2) is 36.4 Å². The first-order chi connectivity index (χ1) is 20.2. The Hall–Kier alpha value is -2.87. The molecule has 1 N–H and O–H groups in total. The standard InChI is InChI=1S/C30H37F6N3O4/c1-19-4-5-21(11-27(19)40)10-25-15-37(6-8-38-16-26(18-42-3)43-17-20(38)2)7-9-39(25)28(41)22-12-23(29(31,32)33)14-24(13-22)30(34,35)36/h4-5,11-14,20,25-26,40H,6-10,15-18H2,1-3H3/t20-,25?,26-/m0/s1. The lowest BCUT2D eigenvalue weighted by Crippen LogP contribution is -2.58. The van der Waals surface area contributed by atoms with Gasteiger partial charge in [-0.15, -0.1) is 0 Å². The van der Waals surface area contributed by atoms with Crippen molar-refractivity contribution in [3.8, 4) is 5.75 Å². The number of methoxy groups -OCH3 is 1. The molecule has 3 atom stereocenters. The average Bonchev–Trinajstić information content (AvgIpc) is 2.94. The van der Waals surface area contributed by atoms with Crippen LogP contribution in [0.25, 0.3) is 0 Å². The van der Waals surface area contributed by atoms with Crippen molar-refractivity contribution < 1.29 is 45.7 Å². The van der Waals surface area contributed by atoms with Gasteiger partial charge in [0.25, 0.3) is 5.91 Å². The Balaban J connectivity index is 1.57. The van der Waals surface area contributed by atoms with Crippen molar-refractivity contribution in [2.75, 3.05) is 59.6 Å². The Morgan fingerprint density at radius 3 is 2.28 bits per heavy atom. The van der Waals surface area contributed by atoms with Crippen molar-refractivity contribution >= 4 is 5.91 Å². The van der Waals surface area contributed by atoms with Crippen molar-refractivity contribution in [1.29, 1.82) is 0 Å². The number of amides is 1. The van der Waals surface area contributed by atoms with Crippen LogP contribution in [0.1, 0.15) is 39.5 Å². The molecule has 2 saturated heterocycles. The van der Waals surface area contributed by atoms with Gasteiger partial charge in [-0.3, -0.25) is 14.6 Å². The summed E-state index contributed by atoms with van der Waals surface area (Å²) in [7, 11) is 1.61. The predicted octanol–water partition coefficient (Wildman–Crippen LogP) is 4.84. The summed E-state index contributed by atoms with van der Waals surface area (Å²) in [5, 5.41) is 10.2. The third-order valence-corrected chi connectivity index (χ3v) is 8.10. The smallest absolute Gasteiger partial charge is 0.416 e. The highest BCUT2D eigenvalue weighted by Crippen LogP contribution is 2.37. The predicted molar refractivity (Wildman–Crippen MR) is 147 cm³/mol. The molecule has 2 aromatic rings. The number of phenols is 1. The molecular formula is C30H37F6N3O4. The topological polar surface area (TPSA) is 65.5 Å². The lowest BCUT2D eigenvalue weighted by Gasteiger charge is -2.43. The van der Waals surface area contributed by atoms with Crippen molar-refractivity contribution in [3.63, 3.8) is 0 Å². The van der Waals surface area contributed by atoms with Crippen molar-refractivity contribution in [2.24, 2.45) is 0 Å². The normalized spacial score (nSPS) is 22.6. The fourth-order valence-corrected chi connectivity index (χ4v) is 5.61. The quantitative estimate of drug-likeness (QED) is 0.428. The Bertz CT molecular complexity index is 1240. The summed E-state index contributed by atoms with van der Waals surface area (Å²) in [6, 6.07) is 5.68. The third kappa shape index (κ3) is 8.40. The lowest BCUT2D eigenvalue weighted by atomic mass is 9.98. The molecule has 2 fully saturated rings. The van der Waals surface area contributed by atoms with Gasteiger partial charge in [0.2, 0.25) is 0 Å². The molecule has 2 heterocycles. The summed E-state index contributed by atoms with van der Waals surface area (Å²) in [5.41, 5.74) is -2.39. The van der Waals surface area contributed by atoms with Crippen LogP contribution >= 0.6 is 0 Å². The number of hydrogen-bond acceptors (Lipinski definition) is 6. The number of alkyl halides is 6. The number of morpholine rings is 1. The molecule has 2 aliphatic rings. The molecule has 2 aromatic carbocycles. The number of ether oxygens (including phenoxy) is 2. The van der Waals surface area contributed by atoms with Crippen LogP contribution in [0.3, 0.4) is 0 Å². The maximum Gasteiger partial charge on any atom is 0.416 e. The zero-order valence-electron chi connectivity index (χ0n) is 24.3. The SMILES string of the molecule is COC[C@@H]1CN(CCN2CCN(C(=O)c3cc(C(F)(F)F)cc(C(F)(F)F)c3)C(Cc3ccc(C)c(O)c3)C2)[C@@H](C)CO1. The number of piperazine rings is 1. The molecule has 1 unspecified atom stereocenters. The number of carbonyl (C=O) groups excluding carboxylic acids is 1. The second-order valence-electron chi connectivity index (χ2n) is 11.3. The van der Waals surface area contributed by atoms with Crippen LogP contribution in [-0.4, -0.2) is 103 Å². The number of aromatic hydroxyl groups is 1. The number of benzene rings is 2. The van der Waals surface area contributed by atoms with Gasteiger partial charge in [0.1, 0.15) is 5.75 Å². The average molecular weight is 618 g/mol. The van der Waals surface area contributed by atoms with Gasteiger partial charge >= 0.3 is 12.4 Å². The molecular weight excluding hydrogens is 580 g/mol. The van der Waals surface area contributed by atoms with Gasteiger partial charge in [0.05, 0.1) is 30.4 Å². The number of hydrogen-bond donors (Lipinski definition) is 1. The Morgan fingerprint density at radius 1 is 1.00 bits per heavy atom. The van der Waals surface area contributed by atoms with E-state index in [4.69, 9.17) is 9.47 Å². The molecule has 238 valence electrons. The van der Waals surface area contributed by atoms with E-state index in [2.05, 4.69) is 16.7 Å². The molecule has 4 rings (SSSR count). The molecule has 0 bridgehead atoms. The van der Waals surface area contributed by atoms with Crippen molar-refractivity contribution in [3.05, 3.63) is 64.2 Å². The summed E-state index contributed by atoms with van der Waals surface area (Å²) in [4.78, 5) is 19.4. The van der Waals surface area contributed by atoms with Crippen LogP contribution in [0.4, 0.5) is 26.3 Å². The van der Waals surface area contributed by atoms with Crippen LogP contribution in [0.2, 0.25) is 0 Å². The Labute approximate surface area is 247 Å². The molecule has 7 nitrogen and oxygen atoms in total. The minimum atomic E-state index is -5.06. The summed E-state index contributed by atoms with van der Waals surface area (Å²) < 4.78 is 92.2. The molecule has 0 saturated carbocycles. The molecule has 1 amide bonds. The van der Waals surface area contributed by atoms with Gasteiger partial charge in [-0.25, -0.2) is 0 Å². The number of aryl methyl sites for hydroxylation is 1. The summed E-state index contributed by atoms with van der Waals surface area (Å²) in [6.45, 7) is 7.74. The number of phenolic OH excluding ortho intramolecular Hbond substituents is 1. The Morgan fingerprint density at radius 2 is 1.67 bits per heavy atom. The van der Waals surface area contributed by atoms with Gasteiger partial charge in [-0.05, 0) is 55.7 Å². The van der Waals surface area contributed by atoms with E-state index >= 15 is 0 Å². The minimum absolute atomic E-state index is 0.0189. The maximum atomic E-state index is 13.6. The second-order valence-corrected chi connectivity index (χ2v) is 11.3. The summed E-state index contributed by atoms with van der Waals surface area (Å²) in [6.07, 6.45) is -9.92. The van der Waals surface area contributed by atoms with Gasteiger partial charge in [-0.2, -0.15) is 26.3 Å². The fourth-order valence-electron chi connectivity index (χ4n) is 5.61. The number of halogens is 6. The second kappa shape index (κ2) is 13.4. The molecule has 13 heteroatoms. The zero-order chi connectivity index (χ0) is 31.5. The first-order valence-electron chi connectivity index (χ1n) is 14.1. The highest BCUT2D eigenvalue weighted by Gasteiger charge is 2.39. The highest BCUT2D eigenvalue weighted by atomic mass is 19.4. The van der Waals surface area contributed by atoms with E-state index in [9.17, 15) is 36.2 Å². The van der Waals surface area contributed by atoms with E-state index in [1.165, 1.54) is 4.90 Å². The number of rotatable bonds is 8. The van der Waals surface area contributed by atoms with E-state index < -0.39 is 41.0 Å². The first kappa shape index (κ1) is 33.0. The Kier molecular flexibility index (Phi) is 10.3. The summed E-state index contributed by atoms with van der Waals surface area (Å²) in [5.74, 6) is -0.843. The van der Waals surface area contributed by atoms with Crippen LogP contribution in [-0.2, 0) is 28.2 Å².